The molecule has 17 heavy (non-hydrogen) atoms. The Balaban J connectivity index is 2.48. The zero-order chi connectivity index (χ0) is 12.4. The summed E-state index contributed by atoms with van der Waals surface area (Å²) < 4.78 is 5.30. The quantitative estimate of drug-likeness (QED) is 0.850. The largest absolute Gasteiger partial charge is 0.496 e. The van der Waals surface area contributed by atoms with Crippen molar-refractivity contribution in [1.29, 1.82) is 0 Å². The molecule has 0 amide bonds. The maximum absolute atomic E-state index is 5.54. The summed E-state index contributed by atoms with van der Waals surface area (Å²) in [6.45, 7) is 4.51. The highest BCUT2D eigenvalue weighted by Gasteiger charge is 2.09. The van der Waals surface area contributed by atoms with Crippen molar-refractivity contribution in [2.45, 2.75) is 20.4 Å². The molecule has 0 radical (unpaired) electrons. The van der Waals surface area contributed by atoms with Crippen LogP contribution >= 0.6 is 0 Å². The Morgan fingerprint density at radius 3 is 2.65 bits per heavy atom. The fraction of sp³-hybridized carbons (Fsp3) is 0.308. The molecule has 1 aromatic heterocycles. The molecule has 4 heteroatoms. The van der Waals surface area contributed by atoms with Crippen LogP contribution in [0.4, 0.5) is 0 Å². The Labute approximate surface area is 101 Å². The van der Waals surface area contributed by atoms with Gasteiger partial charge in [-0.05, 0) is 37.1 Å². The number of H-pyrrole nitrogens is 1. The summed E-state index contributed by atoms with van der Waals surface area (Å²) in [6.07, 6.45) is 1.82. The zero-order valence-electron chi connectivity index (χ0n) is 10.4. The lowest BCUT2D eigenvalue weighted by atomic mass is 10.0. The van der Waals surface area contributed by atoms with E-state index in [-0.39, 0.29) is 0 Å². The van der Waals surface area contributed by atoms with Crippen LogP contribution in [0.5, 0.6) is 5.75 Å². The van der Waals surface area contributed by atoms with Crippen molar-refractivity contribution in [2.75, 3.05) is 7.11 Å². The molecule has 0 aliphatic rings. The number of nitrogens with zero attached hydrogens (tertiary/aromatic N) is 1. The van der Waals surface area contributed by atoms with Crippen molar-refractivity contribution >= 4 is 0 Å². The van der Waals surface area contributed by atoms with E-state index >= 15 is 0 Å². The van der Waals surface area contributed by atoms with E-state index in [0.29, 0.717) is 6.54 Å². The van der Waals surface area contributed by atoms with E-state index in [2.05, 4.69) is 23.0 Å². The van der Waals surface area contributed by atoms with Gasteiger partial charge in [0, 0.05) is 5.56 Å². The number of benzene rings is 1. The molecule has 0 unspecified atom stereocenters. The van der Waals surface area contributed by atoms with Crippen molar-refractivity contribution in [3.05, 3.63) is 35.3 Å². The van der Waals surface area contributed by atoms with E-state index < -0.39 is 0 Å². The van der Waals surface area contributed by atoms with Gasteiger partial charge in [0.1, 0.15) is 11.6 Å². The third-order valence-corrected chi connectivity index (χ3v) is 2.85. The van der Waals surface area contributed by atoms with Crippen LogP contribution in [0.25, 0.3) is 11.3 Å². The summed E-state index contributed by atoms with van der Waals surface area (Å²) in [5, 5.41) is 0. The molecule has 0 spiro atoms. The lowest BCUT2D eigenvalue weighted by molar-refractivity contribution is 0.411. The van der Waals surface area contributed by atoms with Crippen LogP contribution in [0.15, 0.2) is 18.3 Å². The normalized spacial score (nSPS) is 10.6. The van der Waals surface area contributed by atoms with E-state index in [9.17, 15) is 0 Å². The maximum atomic E-state index is 5.54. The monoisotopic (exact) mass is 231 g/mol. The fourth-order valence-electron chi connectivity index (χ4n) is 1.90. The molecule has 0 bridgehead atoms. The second kappa shape index (κ2) is 4.59. The SMILES string of the molecule is COc1cc(C)c(-c2cnc(CN)[nH]2)cc1C. The first-order valence-electron chi connectivity index (χ1n) is 5.55. The number of rotatable bonds is 3. The van der Waals surface area contributed by atoms with Crippen molar-refractivity contribution < 1.29 is 4.74 Å². The van der Waals surface area contributed by atoms with Gasteiger partial charge >= 0.3 is 0 Å². The summed E-state index contributed by atoms with van der Waals surface area (Å²) in [4.78, 5) is 7.42. The molecule has 2 rings (SSSR count). The number of ether oxygens (including phenoxy) is 1. The first-order valence-corrected chi connectivity index (χ1v) is 5.55. The van der Waals surface area contributed by atoms with Gasteiger partial charge in [0.2, 0.25) is 0 Å². The highest BCUT2D eigenvalue weighted by molar-refractivity contribution is 5.66. The van der Waals surface area contributed by atoms with Crippen LogP contribution in [0.3, 0.4) is 0 Å². The Morgan fingerprint density at radius 1 is 1.29 bits per heavy atom. The minimum absolute atomic E-state index is 0.425. The Bertz CT molecular complexity index is 531. The van der Waals surface area contributed by atoms with Gasteiger partial charge in [0.25, 0.3) is 0 Å². The molecule has 0 atom stereocenters. The van der Waals surface area contributed by atoms with Crippen LogP contribution in [0.2, 0.25) is 0 Å². The molecule has 0 saturated heterocycles. The topological polar surface area (TPSA) is 63.9 Å². The second-order valence-electron chi connectivity index (χ2n) is 4.08. The first kappa shape index (κ1) is 11.7. The van der Waals surface area contributed by atoms with Crippen LogP contribution in [0.1, 0.15) is 17.0 Å². The summed E-state index contributed by atoms with van der Waals surface area (Å²) in [5.74, 6) is 1.71. The summed E-state index contributed by atoms with van der Waals surface area (Å²) >= 11 is 0. The van der Waals surface area contributed by atoms with Gasteiger partial charge in [-0.3, -0.25) is 0 Å². The lowest BCUT2D eigenvalue weighted by Gasteiger charge is -2.09. The van der Waals surface area contributed by atoms with Crippen molar-refractivity contribution in [3.63, 3.8) is 0 Å². The average Bonchev–Trinajstić information content (AvgIpc) is 2.80. The predicted molar refractivity (Wildman–Crippen MR) is 67.9 cm³/mol. The average molecular weight is 231 g/mol. The fourth-order valence-corrected chi connectivity index (χ4v) is 1.90. The second-order valence-corrected chi connectivity index (χ2v) is 4.08. The molecular formula is C13H17N3O. The van der Waals surface area contributed by atoms with E-state index in [1.54, 1.807) is 7.11 Å². The first-order chi connectivity index (χ1) is 8.15. The number of nitrogens with one attached hydrogen (secondary N) is 1. The molecule has 0 aliphatic carbocycles. The minimum atomic E-state index is 0.425. The Morgan fingerprint density at radius 2 is 2.06 bits per heavy atom. The highest BCUT2D eigenvalue weighted by Crippen LogP contribution is 2.28. The van der Waals surface area contributed by atoms with E-state index in [1.807, 2.05) is 19.2 Å². The van der Waals surface area contributed by atoms with Gasteiger partial charge in [-0.1, -0.05) is 0 Å². The van der Waals surface area contributed by atoms with Gasteiger partial charge in [0.05, 0.1) is 25.5 Å². The molecule has 2 aromatic rings. The molecule has 0 fully saturated rings. The molecule has 4 nitrogen and oxygen atoms in total. The molecule has 0 aliphatic heterocycles. The number of aromatic amines is 1. The number of imidazole rings is 1. The van der Waals surface area contributed by atoms with E-state index in [0.717, 1.165) is 34.0 Å². The van der Waals surface area contributed by atoms with E-state index in [4.69, 9.17) is 10.5 Å². The third-order valence-electron chi connectivity index (χ3n) is 2.85. The highest BCUT2D eigenvalue weighted by atomic mass is 16.5. The maximum Gasteiger partial charge on any atom is 0.122 e. The third kappa shape index (κ3) is 2.17. The summed E-state index contributed by atoms with van der Waals surface area (Å²) in [6, 6.07) is 4.13. The molecule has 1 aromatic carbocycles. The van der Waals surface area contributed by atoms with E-state index in [1.165, 1.54) is 0 Å². The number of aryl methyl sites for hydroxylation is 2. The minimum Gasteiger partial charge on any atom is -0.496 e. The van der Waals surface area contributed by atoms with Crippen LogP contribution in [-0.2, 0) is 6.54 Å². The van der Waals surface area contributed by atoms with Gasteiger partial charge in [-0.2, -0.15) is 0 Å². The van der Waals surface area contributed by atoms with Crippen molar-refractivity contribution in [2.24, 2.45) is 5.73 Å². The van der Waals surface area contributed by atoms with Crippen LogP contribution < -0.4 is 10.5 Å². The van der Waals surface area contributed by atoms with Crippen molar-refractivity contribution in [3.8, 4) is 17.0 Å². The van der Waals surface area contributed by atoms with Gasteiger partial charge in [-0.15, -0.1) is 0 Å². The van der Waals surface area contributed by atoms with Gasteiger partial charge in [-0.25, -0.2) is 4.98 Å². The van der Waals surface area contributed by atoms with Gasteiger partial charge in [0.15, 0.2) is 0 Å². The van der Waals surface area contributed by atoms with Gasteiger partial charge < -0.3 is 15.5 Å². The van der Waals surface area contributed by atoms with Crippen molar-refractivity contribution in [1.82, 2.24) is 9.97 Å². The summed E-state index contributed by atoms with van der Waals surface area (Å²) in [5.41, 5.74) is 9.93. The summed E-state index contributed by atoms with van der Waals surface area (Å²) in [7, 11) is 1.68. The number of hydrogen-bond donors (Lipinski definition) is 2. The standard InChI is InChI=1S/C13H17N3O/c1-8-5-12(17-3)9(2)4-10(8)11-7-15-13(6-14)16-11/h4-5,7H,6,14H2,1-3H3,(H,15,16). The lowest BCUT2D eigenvalue weighted by Crippen LogP contribution is -1.98. The Hall–Kier alpha value is -1.81. The smallest absolute Gasteiger partial charge is 0.122 e. The number of methoxy groups -OCH3 is 1. The Kier molecular flexibility index (Phi) is 3.15. The number of nitrogens with two attached hydrogens (primary N) is 1. The molecular weight excluding hydrogens is 214 g/mol. The predicted octanol–water partition coefficient (Wildman–Crippen LogP) is 2.16. The zero-order valence-corrected chi connectivity index (χ0v) is 10.4. The molecule has 0 saturated carbocycles. The molecule has 1 heterocycles. The number of aromatic nitrogens is 2. The van der Waals surface area contributed by atoms with Crippen LogP contribution in [-0.4, -0.2) is 17.1 Å². The molecule has 90 valence electrons. The molecule has 3 N–H and O–H groups in total. The van der Waals surface area contributed by atoms with Crippen LogP contribution in [0, 0.1) is 13.8 Å². The number of hydrogen-bond acceptors (Lipinski definition) is 3.